The van der Waals surface area contributed by atoms with Gasteiger partial charge in [0, 0.05) is 18.7 Å². The maximum Gasteiger partial charge on any atom is 0.254 e. The standard InChI is InChI=1S/C22H23FN4O/c23-20-10-4-1-7-17(20)12-11-16-6-5-13-27(14-16)22(28)19-9-3-2-8-18(19)21-24-15-25-26-21/h1-4,7-10,15-16H,5-6,11-14H2,(H,24,25,26)/t16-/m1/s1. The summed E-state index contributed by atoms with van der Waals surface area (Å²) in [6.07, 6.45) is 5.07. The summed E-state index contributed by atoms with van der Waals surface area (Å²) in [5.41, 5.74) is 2.15. The second kappa shape index (κ2) is 8.33. The molecule has 0 aliphatic carbocycles. The van der Waals surface area contributed by atoms with Crippen LogP contribution < -0.4 is 0 Å². The van der Waals surface area contributed by atoms with E-state index in [2.05, 4.69) is 15.2 Å². The number of nitrogens with one attached hydrogen (secondary N) is 1. The highest BCUT2D eigenvalue weighted by Gasteiger charge is 2.26. The van der Waals surface area contributed by atoms with E-state index < -0.39 is 0 Å². The van der Waals surface area contributed by atoms with Crippen molar-refractivity contribution in [2.75, 3.05) is 13.1 Å². The van der Waals surface area contributed by atoms with Crippen LogP contribution in [-0.2, 0) is 6.42 Å². The molecule has 5 nitrogen and oxygen atoms in total. The lowest BCUT2D eigenvalue weighted by Crippen LogP contribution is -2.40. The van der Waals surface area contributed by atoms with Crippen molar-refractivity contribution in [2.24, 2.45) is 5.92 Å². The number of hydrogen-bond donors (Lipinski definition) is 1. The Morgan fingerprint density at radius 3 is 2.82 bits per heavy atom. The molecule has 1 aliphatic heterocycles. The van der Waals surface area contributed by atoms with E-state index in [4.69, 9.17) is 0 Å². The molecule has 4 rings (SSSR count). The number of amides is 1. The molecule has 0 spiro atoms. The predicted octanol–water partition coefficient (Wildman–Crippen LogP) is 4.10. The third-order valence-electron chi connectivity index (χ3n) is 5.41. The van der Waals surface area contributed by atoms with Crippen molar-refractivity contribution in [3.05, 3.63) is 71.8 Å². The Balaban J connectivity index is 1.45. The smallest absolute Gasteiger partial charge is 0.254 e. The van der Waals surface area contributed by atoms with Gasteiger partial charge in [-0.3, -0.25) is 9.89 Å². The van der Waals surface area contributed by atoms with E-state index in [1.807, 2.05) is 41.3 Å². The van der Waals surface area contributed by atoms with E-state index in [0.29, 0.717) is 30.3 Å². The molecule has 1 atom stereocenters. The molecule has 1 fully saturated rings. The Hall–Kier alpha value is -3.02. The zero-order valence-corrected chi connectivity index (χ0v) is 15.6. The third-order valence-corrected chi connectivity index (χ3v) is 5.41. The van der Waals surface area contributed by atoms with Crippen LogP contribution in [0, 0.1) is 11.7 Å². The fourth-order valence-corrected chi connectivity index (χ4v) is 3.93. The van der Waals surface area contributed by atoms with Gasteiger partial charge in [0.05, 0.1) is 5.56 Å². The minimum atomic E-state index is -0.146. The molecule has 0 unspecified atom stereocenters. The van der Waals surface area contributed by atoms with Gasteiger partial charge in [0.1, 0.15) is 12.1 Å². The second-order valence-electron chi connectivity index (χ2n) is 7.27. The molecule has 0 bridgehead atoms. The van der Waals surface area contributed by atoms with Gasteiger partial charge in [-0.1, -0.05) is 36.4 Å². The lowest BCUT2D eigenvalue weighted by atomic mass is 9.91. The fraction of sp³-hybridized carbons (Fsp3) is 0.318. The zero-order valence-electron chi connectivity index (χ0n) is 15.6. The summed E-state index contributed by atoms with van der Waals surface area (Å²) >= 11 is 0. The molecule has 1 N–H and O–H groups in total. The van der Waals surface area contributed by atoms with Crippen molar-refractivity contribution >= 4 is 5.91 Å². The summed E-state index contributed by atoms with van der Waals surface area (Å²) in [6.45, 7) is 1.46. The van der Waals surface area contributed by atoms with Crippen molar-refractivity contribution in [3.63, 3.8) is 0 Å². The summed E-state index contributed by atoms with van der Waals surface area (Å²) in [5.74, 6) is 0.849. The molecule has 28 heavy (non-hydrogen) atoms. The number of carbonyl (C=O) groups is 1. The SMILES string of the molecule is O=C(c1ccccc1-c1ncn[nH]1)N1CCC[C@H](CCc2ccccc2F)C1. The Kier molecular flexibility index (Phi) is 5.46. The monoisotopic (exact) mass is 378 g/mol. The number of aromatic amines is 1. The van der Waals surface area contributed by atoms with Gasteiger partial charge in [-0.2, -0.15) is 5.10 Å². The number of aromatic nitrogens is 3. The van der Waals surface area contributed by atoms with Crippen molar-refractivity contribution in [1.82, 2.24) is 20.1 Å². The molecule has 1 amide bonds. The van der Waals surface area contributed by atoms with Crippen LogP contribution in [0.4, 0.5) is 4.39 Å². The number of carbonyl (C=O) groups excluding carboxylic acids is 1. The summed E-state index contributed by atoms with van der Waals surface area (Å²) in [6, 6.07) is 14.4. The number of likely N-dealkylation sites (tertiary alicyclic amines) is 1. The van der Waals surface area contributed by atoms with Crippen LogP contribution in [0.5, 0.6) is 0 Å². The number of H-pyrrole nitrogens is 1. The Bertz CT molecular complexity index is 941. The Labute approximate surface area is 163 Å². The number of rotatable bonds is 5. The van der Waals surface area contributed by atoms with Gasteiger partial charge in [0.25, 0.3) is 5.91 Å². The number of aryl methyl sites for hydroxylation is 1. The predicted molar refractivity (Wildman–Crippen MR) is 105 cm³/mol. The van der Waals surface area contributed by atoms with Crippen molar-refractivity contribution in [3.8, 4) is 11.4 Å². The van der Waals surface area contributed by atoms with Crippen LogP contribution in [0.15, 0.2) is 54.9 Å². The van der Waals surface area contributed by atoms with Crippen LogP contribution in [0.2, 0.25) is 0 Å². The maximum atomic E-state index is 13.9. The first-order valence-corrected chi connectivity index (χ1v) is 9.70. The van der Waals surface area contributed by atoms with Gasteiger partial charge < -0.3 is 4.90 Å². The van der Waals surface area contributed by atoms with Gasteiger partial charge in [-0.25, -0.2) is 9.37 Å². The van der Waals surface area contributed by atoms with Gasteiger partial charge >= 0.3 is 0 Å². The van der Waals surface area contributed by atoms with E-state index in [9.17, 15) is 9.18 Å². The topological polar surface area (TPSA) is 61.9 Å². The Morgan fingerprint density at radius 2 is 2.00 bits per heavy atom. The molecule has 6 heteroatoms. The normalized spacial score (nSPS) is 16.9. The van der Waals surface area contributed by atoms with Gasteiger partial charge in [0.2, 0.25) is 0 Å². The van der Waals surface area contributed by atoms with Crippen LogP contribution >= 0.6 is 0 Å². The van der Waals surface area contributed by atoms with Crippen molar-refractivity contribution < 1.29 is 9.18 Å². The molecule has 0 radical (unpaired) electrons. The molecule has 1 aromatic heterocycles. The molecule has 0 saturated carbocycles. The average Bonchev–Trinajstić information content (AvgIpc) is 3.28. The van der Waals surface area contributed by atoms with Crippen LogP contribution in [0.3, 0.4) is 0 Å². The molecular formula is C22H23FN4O. The number of piperidine rings is 1. The molecule has 144 valence electrons. The molecular weight excluding hydrogens is 355 g/mol. The number of hydrogen-bond acceptors (Lipinski definition) is 3. The minimum Gasteiger partial charge on any atom is -0.338 e. The van der Waals surface area contributed by atoms with Crippen LogP contribution in [-0.4, -0.2) is 39.1 Å². The van der Waals surface area contributed by atoms with Crippen molar-refractivity contribution in [2.45, 2.75) is 25.7 Å². The van der Waals surface area contributed by atoms with Crippen LogP contribution in [0.25, 0.3) is 11.4 Å². The number of benzene rings is 2. The summed E-state index contributed by atoms with van der Waals surface area (Å²) in [5, 5.41) is 6.73. The van der Waals surface area contributed by atoms with E-state index in [1.165, 1.54) is 12.4 Å². The van der Waals surface area contributed by atoms with E-state index in [0.717, 1.165) is 36.9 Å². The molecule has 1 aliphatic rings. The van der Waals surface area contributed by atoms with Gasteiger partial charge in [-0.15, -0.1) is 0 Å². The average molecular weight is 378 g/mol. The first kappa shape index (κ1) is 18.3. The summed E-state index contributed by atoms with van der Waals surface area (Å²) in [7, 11) is 0. The van der Waals surface area contributed by atoms with E-state index >= 15 is 0 Å². The summed E-state index contributed by atoms with van der Waals surface area (Å²) < 4.78 is 13.9. The highest BCUT2D eigenvalue weighted by Crippen LogP contribution is 2.26. The Morgan fingerprint density at radius 1 is 1.18 bits per heavy atom. The molecule has 2 aromatic carbocycles. The molecule has 1 saturated heterocycles. The van der Waals surface area contributed by atoms with Crippen molar-refractivity contribution in [1.29, 1.82) is 0 Å². The summed E-state index contributed by atoms with van der Waals surface area (Å²) in [4.78, 5) is 19.3. The van der Waals surface area contributed by atoms with E-state index in [-0.39, 0.29) is 11.7 Å². The maximum absolute atomic E-state index is 13.9. The largest absolute Gasteiger partial charge is 0.338 e. The lowest BCUT2D eigenvalue weighted by molar-refractivity contribution is 0.0669. The third kappa shape index (κ3) is 3.96. The first-order chi connectivity index (χ1) is 13.7. The first-order valence-electron chi connectivity index (χ1n) is 9.70. The highest BCUT2D eigenvalue weighted by atomic mass is 19.1. The quantitative estimate of drug-likeness (QED) is 0.727. The number of nitrogens with zero attached hydrogens (tertiary/aromatic N) is 3. The second-order valence-corrected chi connectivity index (χ2v) is 7.27. The highest BCUT2D eigenvalue weighted by molar-refractivity contribution is 6.00. The van der Waals surface area contributed by atoms with Gasteiger partial charge in [-0.05, 0) is 49.3 Å². The van der Waals surface area contributed by atoms with E-state index in [1.54, 1.807) is 6.07 Å². The zero-order chi connectivity index (χ0) is 19.3. The number of halogens is 1. The lowest BCUT2D eigenvalue weighted by Gasteiger charge is -2.33. The minimum absolute atomic E-state index is 0.0163. The van der Waals surface area contributed by atoms with Gasteiger partial charge in [0.15, 0.2) is 5.82 Å². The van der Waals surface area contributed by atoms with Crippen LogP contribution in [0.1, 0.15) is 35.2 Å². The molecule has 3 aromatic rings. The molecule has 2 heterocycles. The fourth-order valence-electron chi connectivity index (χ4n) is 3.93.